The standard InChI is InChI=1S/C32H28N2O6/c1-37-30-20-26(12-18-29(30)40-32(36)19-13-24-8-4-2-5-9-24)21-33-34-31(35)23-39-28-16-14-27(15-17-28)38-22-25-10-6-3-7-11-25/h2-21H,22-23H2,1H3,(H,34,35)/b19-13+,33-21+. The molecule has 0 aromatic heterocycles. The summed E-state index contributed by atoms with van der Waals surface area (Å²) in [5.41, 5.74) is 5.00. The van der Waals surface area contributed by atoms with Crippen LogP contribution in [-0.4, -0.2) is 31.8 Å². The first-order chi connectivity index (χ1) is 19.6. The Kier molecular flexibility index (Phi) is 10.1. The number of carbonyl (C=O) groups excluding carboxylic acids is 2. The van der Waals surface area contributed by atoms with E-state index < -0.39 is 11.9 Å². The fourth-order valence-electron chi connectivity index (χ4n) is 3.45. The molecule has 0 saturated carbocycles. The molecule has 0 fully saturated rings. The lowest BCUT2D eigenvalue weighted by Gasteiger charge is -2.09. The van der Waals surface area contributed by atoms with Gasteiger partial charge in [0, 0.05) is 6.08 Å². The molecule has 0 bridgehead atoms. The van der Waals surface area contributed by atoms with E-state index in [-0.39, 0.29) is 12.4 Å². The molecule has 0 atom stereocenters. The normalized spacial score (nSPS) is 10.8. The van der Waals surface area contributed by atoms with Crippen molar-refractivity contribution in [3.63, 3.8) is 0 Å². The molecule has 202 valence electrons. The van der Waals surface area contributed by atoms with E-state index in [2.05, 4.69) is 10.5 Å². The van der Waals surface area contributed by atoms with Gasteiger partial charge >= 0.3 is 5.97 Å². The summed E-state index contributed by atoms with van der Waals surface area (Å²) in [5, 5.41) is 3.95. The number of ether oxygens (including phenoxy) is 4. The maximum absolute atomic E-state index is 12.2. The van der Waals surface area contributed by atoms with Crippen molar-refractivity contribution in [3.05, 3.63) is 126 Å². The lowest BCUT2D eigenvalue weighted by molar-refractivity contribution is -0.129. The lowest BCUT2D eigenvalue weighted by atomic mass is 10.2. The van der Waals surface area contributed by atoms with Crippen molar-refractivity contribution >= 4 is 24.2 Å². The van der Waals surface area contributed by atoms with E-state index >= 15 is 0 Å². The van der Waals surface area contributed by atoms with Crippen LogP contribution in [-0.2, 0) is 16.2 Å². The Morgan fingerprint density at radius 2 is 1.45 bits per heavy atom. The van der Waals surface area contributed by atoms with Crippen LogP contribution in [0.25, 0.3) is 6.08 Å². The highest BCUT2D eigenvalue weighted by Crippen LogP contribution is 2.28. The van der Waals surface area contributed by atoms with Crippen molar-refractivity contribution < 1.29 is 28.5 Å². The molecule has 8 nitrogen and oxygen atoms in total. The van der Waals surface area contributed by atoms with Crippen LogP contribution >= 0.6 is 0 Å². The molecule has 4 rings (SSSR count). The fraction of sp³-hybridized carbons (Fsp3) is 0.0938. The maximum atomic E-state index is 12.2. The van der Waals surface area contributed by atoms with Crippen molar-refractivity contribution in [1.82, 2.24) is 5.43 Å². The summed E-state index contributed by atoms with van der Waals surface area (Å²) in [6.45, 7) is 0.254. The summed E-state index contributed by atoms with van der Waals surface area (Å²) in [4.78, 5) is 24.3. The zero-order valence-electron chi connectivity index (χ0n) is 21.9. The molecular weight excluding hydrogens is 508 g/mol. The third-order valence-electron chi connectivity index (χ3n) is 5.45. The van der Waals surface area contributed by atoms with Crippen LogP contribution in [0.1, 0.15) is 16.7 Å². The molecule has 0 saturated heterocycles. The molecule has 0 aliphatic heterocycles. The maximum Gasteiger partial charge on any atom is 0.336 e. The second kappa shape index (κ2) is 14.5. The number of nitrogens with one attached hydrogen (secondary N) is 1. The van der Waals surface area contributed by atoms with Crippen LogP contribution in [0.4, 0.5) is 0 Å². The fourth-order valence-corrected chi connectivity index (χ4v) is 3.45. The van der Waals surface area contributed by atoms with E-state index in [0.717, 1.165) is 11.1 Å². The molecule has 8 heteroatoms. The SMILES string of the molecule is COc1cc(/C=N/NC(=O)COc2ccc(OCc3ccccc3)cc2)ccc1OC(=O)/C=C/c1ccccc1. The smallest absolute Gasteiger partial charge is 0.336 e. The van der Waals surface area contributed by atoms with Gasteiger partial charge in [0.25, 0.3) is 5.91 Å². The van der Waals surface area contributed by atoms with Gasteiger partial charge in [-0.3, -0.25) is 4.79 Å². The quantitative estimate of drug-likeness (QED) is 0.0854. The number of hydrazone groups is 1. The highest BCUT2D eigenvalue weighted by atomic mass is 16.6. The van der Waals surface area contributed by atoms with Gasteiger partial charge < -0.3 is 18.9 Å². The minimum atomic E-state index is -0.537. The molecule has 0 unspecified atom stereocenters. The van der Waals surface area contributed by atoms with Gasteiger partial charge in [0.15, 0.2) is 18.1 Å². The Morgan fingerprint density at radius 3 is 2.15 bits per heavy atom. The second-order valence-corrected chi connectivity index (χ2v) is 8.40. The molecule has 0 spiro atoms. The van der Waals surface area contributed by atoms with Crippen LogP contribution in [0.2, 0.25) is 0 Å². The van der Waals surface area contributed by atoms with Crippen molar-refractivity contribution in [2.24, 2.45) is 5.10 Å². The van der Waals surface area contributed by atoms with Crippen LogP contribution in [0.15, 0.2) is 114 Å². The largest absolute Gasteiger partial charge is 0.493 e. The van der Waals surface area contributed by atoms with Gasteiger partial charge in [-0.1, -0.05) is 60.7 Å². The number of benzene rings is 4. The van der Waals surface area contributed by atoms with E-state index in [1.165, 1.54) is 19.4 Å². The van der Waals surface area contributed by atoms with Crippen molar-refractivity contribution in [3.8, 4) is 23.0 Å². The van der Waals surface area contributed by atoms with Crippen LogP contribution in [0, 0.1) is 0 Å². The number of amides is 1. The number of methoxy groups -OCH3 is 1. The first-order valence-corrected chi connectivity index (χ1v) is 12.4. The summed E-state index contributed by atoms with van der Waals surface area (Å²) in [5.74, 6) is 0.867. The number of carbonyl (C=O) groups is 2. The predicted octanol–water partition coefficient (Wildman–Crippen LogP) is 5.42. The molecule has 1 amide bonds. The number of hydrogen-bond acceptors (Lipinski definition) is 7. The highest BCUT2D eigenvalue weighted by Gasteiger charge is 2.09. The van der Waals surface area contributed by atoms with E-state index in [1.54, 1.807) is 48.5 Å². The lowest BCUT2D eigenvalue weighted by Crippen LogP contribution is -2.24. The van der Waals surface area contributed by atoms with Crippen molar-refractivity contribution in [1.29, 1.82) is 0 Å². The number of nitrogens with zero attached hydrogens (tertiary/aromatic N) is 1. The molecule has 0 aliphatic rings. The second-order valence-electron chi connectivity index (χ2n) is 8.40. The Morgan fingerprint density at radius 1 is 0.775 bits per heavy atom. The van der Waals surface area contributed by atoms with E-state index in [0.29, 0.717) is 29.4 Å². The molecule has 4 aromatic carbocycles. The molecule has 1 N–H and O–H groups in total. The molecule has 0 heterocycles. The van der Waals surface area contributed by atoms with Crippen molar-refractivity contribution in [2.45, 2.75) is 6.61 Å². The number of rotatable bonds is 12. The average molecular weight is 537 g/mol. The third kappa shape index (κ3) is 8.88. The number of hydrogen-bond donors (Lipinski definition) is 1. The highest BCUT2D eigenvalue weighted by molar-refractivity contribution is 5.89. The van der Waals surface area contributed by atoms with Crippen LogP contribution in [0.3, 0.4) is 0 Å². The first-order valence-electron chi connectivity index (χ1n) is 12.4. The van der Waals surface area contributed by atoms with E-state index in [9.17, 15) is 9.59 Å². The summed E-state index contributed by atoms with van der Waals surface area (Å²) in [6.07, 6.45) is 4.45. The van der Waals surface area contributed by atoms with E-state index in [4.69, 9.17) is 18.9 Å². The minimum Gasteiger partial charge on any atom is -0.493 e. The Labute approximate surface area is 232 Å². The van der Waals surface area contributed by atoms with Gasteiger partial charge in [-0.15, -0.1) is 0 Å². The topological polar surface area (TPSA) is 95.5 Å². The Bertz CT molecular complexity index is 1450. The summed E-state index contributed by atoms with van der Waals surface area (Å²) in [7, 11) is 1.47. The Balaban J connectivity index is 1.21. The average Bonchev–Trinajstić information content (AvgIpc) is 3.00. The molecule has 0 radical (unpaired) electrons. The molecule has 0 aliphatic carbocycles. The van der Waals surface area contributed by atoms with Gasteiger partial charge in [0.1, 0.15) is 18.1 Å². The van der Waals surface area contributed by atoms with Crippen molar-refractivity contribution in [2.75, 3.05) is 13.7 Å². The summed E-state index contributed by atoms with van der Waals surface area (Å²) >= 11 is 0. The van der Waals surface area contributed by atoms with Gasteiger partial charge in [-0.25, -0.2) is 10.2 Å². The Hall–Kier alpha value is -5.37. The zero-order chi connectivity index (χ0) is 28.0. The number of esters is 1. The predicted molar refractivity (Wildman–Crippen MR) is 153 cm³/mol. The van der Waals surface area contributed by atoms with E-state index in [1.807, 2.05) is 60.7 Å². The monoisotopic (exact) mass is 536 g/mol. The van der Waals surface area contributed by atoms with Gasteiger partial charge in [0.2, 0.25) is 0 Å². The molecule has 40 heavy (non-hydrogen) atoms. The zero-order valence-corrected chi connectivity index (χ0v) is 21.9. The first kappa shape index (κ1) is 27.7. The van der Waals surface area contributed by atoms with Gasteiger partial charge in [0.05, 0.1) is 13.3 Å². The van der Waals surface area contributed by atoms with Gasteiger partial charge in [-0.05, 0) is 65.2 Å². The van der Waals surface area contributed by atoms with Crippen LogP contribution in [0.5, 0.6) is 23.0 Å². The third-order valence-corrected chi connectivity index (χ3v) is 5.45. The van der Waals surface area contributed by atoms with Gasteiger partial charge in [-0.2, -0.15) is 5.10 Å². The summed E-state index contributed by atoms with van der Waals surface area (Å²) in [6, 6.07) is 31.2. The molecular formula is C32H28N2O6. The summed E-state index contributed by atoms with van der Waals surface area (Å²) < 4.78 is 22.0. The molecule has 4 aromatic rings. The minimum absolute atomic E-state index is 0.212. The van der Waals surface area contributed by atoms with Crippen LogP contribution < -0.4 is 24.4 Å².